The lowest BCUT2D eigenvalue weighted by atomic mass is 10.0. The first kappa shape index (κ1) is 21.4. The van der Waals surface area contributed by atoms with Gasteiger partial charge >= 0.3 is 0 Å². The second-order valence-electron chi connectivity index (χ2n) is 8.37. The van der Waals surface area contributed by atoms with E-state index in [9.17, 15) is 4.79 Å². The Morgan fingerprint density at radius 3 is 2.62 bits per heavy atom. The van der Waals surface area contributed by atoms with Gasteiger partial charge in [0.2, 0.25) is 5.91 Å². The lowest BCUT2D eigenvalue weighted by Crippen LogP contribution is -2.51. The van der Waals surface area contributed by atoms with Crippen LogP contribution < -0.4 is 15.4 Å². The second kappa shape index (κ2) is 9.96. The Kier molecular flexibility index (Phi) is 7.36. The van der Waals surface area contributed by atoms with Gasteiger partial charge in [0.05, 0.1) is 12.6 Å². The lowest BCUT2D eigenvalue weighted by Gasteiger charge is -2.36. The number of aliphatic imine (C=N–C) groups is 1. The number of amides is 1. The van der Waals surface area contributed by atoms with Crippen LogP contribution in [0.15, 0.2) is 29.3 Å². The molecule has 1 unspecified atom stereocenters. The highest BCUT2D eigenvalue weighted by Crippen LogP contribution is 2.31. The number of hydrogen-bond acceptors (Lipinski definition) is 4. The number of rotatable bonds is 5. The monoisotopic (exact) mass is 401 g/mol. The number of carbonyl (C=O) groups excluding carboxylic acids is 1. The fourth-order valence-electron chi connectivity index (χ4n) is 3.83. The van der Waals surface area contributed by atoms with Crippen molar-refractivity contribution in [1.82, 2.24) is 20.4 Å². The number of nitrogens with one attached hydrogen (secondary N) is 2. The van der Waals surface area contributed by atoms with Gasteiger partial charge in [-0.3, -0.25) is 4.79 Å². The zero-order valence-corrected chi connectivity index (χ0v) is 18.1. The molecule has 1 saturated heterocycles. The van der Waals surface area contributed by atoms with E-state index in [1.165, 1.54) is 0 Å². The molecule has 0 spiro atoms. The maximum Gasteiger partial charge on any atom is 0.243 e. The van der Waals surface area contributed by atoms with Gasteiger partial charge < -0.3 is 25.2 Å². The lowest BCUT2D eigenvalue weighted by molar-refractivity contribution is -0.127. The summed E-state index contributed by atoms with van der Waals surface area (Å²) in [7, 11) is 3.52. The van der Waals surface area contributed by atoms with Crippen LogP contribution in [0.5, 0.6) is 5.75 Å². The van der Waals surface area contributed by atoms with Gasteiger partial charge in [-0.2, -0.15) is 0 Å². The molecule has 29 heavy (non-hydrogen) atoms. The van der Waals surface area contributed by atoms with Gasteiger partial charge in [0, 0.05) is 51.3 Å². The molecular formula is C22H35N5O2. The Labute approximate surface area is 174 Å². The summed E-state index contributed by atoms with van der Waals surface area (Å²) in [4.78, 5) is 20.8. The summed E-state index contributed by atoms with van der Waals surface area (Å²) in [6.07, 6.45) is 3.01. The Morgan fingerprint density at radius 1 is 1.21 bits per heavy atom. The molecule has 2 heterocycles. The van der Waals surface area contributed by atoms with Crippen molar-refractivity contribution < 1.29 is 9.53 Å². The van der Waals surface area contributed by atoms with Crippen LogP contribution in [0.2, 0.25) is 0 Å². The number of benzene rings is 1. The maximum absolute atomic E-state index is 12.1. The van der Waals surface area contributed by atoms with Gasteiger partial charge in [-0.25, -0.2) is 4.99 Å². The molecule has 1 atom stereocenters. The van der Waals surface area contributed by atoms with E-state index in [1.54, 1.807) is 19.0 Å². The number of nitrogens with zero attached hydrogens (tertiary/aromatic N) is 3. The van der Waals surface area contributed by atoms with Gasteiger partial charge in [0.15, 0.2) is 5.96 Å². The third kappa shape index (κ3) is 5.85. The Morgan fingerprint density at radius 2 is 1.93 bits per heavy atom. The minimum absolute atomic E-state index is 0.00638. The summed E-state index contributed by atoms with van der Waals surface area (Å²) >= 11 is 0. The molecule has 1 fully saturated rings. The fraction of sp³-hybridized carbons (Fsp3) is 0.636. The Balaban J connectivity index is 1.69. The molecule has 2 N–H and O–H groups in total. The smallest absolute Gasteiger partial charge is 0.243 e. The van der Waals surface area contributed by atoms with Crippen molar-refractivity contribution in [2.45, 2.75) is 51.2 Å². The molecule has 0 saturated carbocycles. The number of carbonyl (C=O) groups is 1. The van der Waals surface area contributed by atoms with Crippen molar-refractivity contribution in [2.24, 2.45) is 4.99 Å². The average molecular weight is 402 g/mol. The van der Waals surface area contributed by atoms with Gasteiger partial charge in [-0.15, -0.1) is 0 Å². The van der Waals surface area contributed by atoms with E-state index < -0.39 is 0 Å². The normalized spacial score (nSPS) is 20.7. The Bertz CT molecular complexity index is 711. The fourth-order valence-corrected chi connectivity index (χ4v) is 3.83. The first-order chi connectivity index (χ1) is 13.9. The minimum Gasteiger partial charge on any atom is -0.493 e. The standard InChI is InChI=1S/C22H35N5O2/c1-16(2)27-12-9-17(10-13-27)24-22(23-15-21(28)26(3)4)25-19-11-14-29-20-8-6-5-7-18(19)20/h5-8,16-17,19H,9-15H2,1-4H3,(H2,23,24,25). The van der Waals surface area contributed by atoms with Crippen molar-refractivity contribution in [2.75, 3.05) is 40.3 Å². The number of fused-ring (bicyclic) bond motifs is 1. The Hall–Kier alpha value is -2.28. The highest BCUT2D eigenvalue weighted by molar-refractivity contribution is 5.85. The number of likely N-dealkylation sites (tertiary alicyclic amines) is 1. The maximum atomic E-state index is 12.1. The third-order valence-electron chi connectivity index (χ3n) is 5.74. The molecule has 1 amide bonds. The van der Waals surface area contributed by atoms with E-state index in [4.69, 9.17) is 4.74 Å². The summed E-state index contributed by atoms with van der Waals surface area (Å²) in [5, 5.41) is 7.15. The van der Waals surface area contributed by atoms with E-state index in [-0.39, 0.29) is 18.5 Å². The number of likely N-dealkylation sites (N-methyl/N-ethyl adjacent to an activating group) is 1. The number of para-hydroxylation sites is 1. The van der Waals surface area contributed by atoms with Crippen LogP contribution in [0.1, 0.15) is 44.7 Å². The minimum atomic E-state index is -0.00638. The van der Waals surface area contributed by atoms with Crippen molar-refractivity contribution in [3.63, 3.8) is 0 Å². The summed E-state index contributed by atoms with van der Waals surface area (Å²) in [6.45, 7) is 7.47. The zero-order chi connectivity index (χ0) is 20.8. The number of piperidine rings is 1. The summed E-state index contributed by atoms with van der Waals surface area (Å²) < 4.78 is 5.78. The molecule has 160 valence electrons. The highest BCUT2D eigenvalue weighted by Gasteiger charge is 2.25. The quantitative estimate of drug-likeness (QED) is 0.584. The average Bonchev–Trinajstić information content (AvgIpc) is 2.72. The first-order valence-corrected chi connectivity index (χ1v) is 10.7. The van der Waals surface area contributed by atoms with Crippen LogP contribution in [0.3, 0.4) is 0 Å². The van der Waals surface area contributed by atoms with Gasteiger partial charge in [-0.1, -0.05) is 18.2 Å². The highest BCUT2D eigenvalue weighted by atomic mass is 16.5. The molecule has 0 aromatic heterocycles. The molecule has 2 aliphatic heterocycles. The van der Waals surface area contributed by atoms with E-state index >= 15 is 0 Å². The molecule has 1 aromatic rings. The SMILES string of the molecule is CC(C)N1CCC(NC(=NCC(=O)N(C)C)NC2CCOc3ccccc32)CC1. The molecule has 1 aromatic carbocycles. The van der Waals surface area contributed by atoms with Crippen molar-refractivity contribution in [3.8, 4) is 5.75 Å². The van der Waals surface area contributed by atoms with Crippen molar-refractivity contribution >= 4 is 11.9 Å². The number of hydrogen-bond donors (Lipinski definition) is 2. The van der Waals surface area contributed by atoms with Gasteiger partial charge in [-0.05, 0) is 32.8 Å². The molecular weight excluding hydrogens is 366 g/mol. The summed E-state index contributed by atoms with van der Waals surface area (Å²) in [5.74, 6) is 1.63. The second-order valence-corrected chi connectivity index (χ2v) is 8.37. The van der Waals surface area contributed by atoms with Crippen LogP contribution >= 0.6 is 0 Å². The van der Waals surface area contributed by atoms with Crippen LogP contribution in [-0.4, -0.2) is 74.1 Å². The molecule has 0 bridgehead atoms. The van der Waals surface area contributed by atoms with Crippen LogP contribution in [0, 0.1) is 0 Å². The molecule has 3 rings (SSSR count). The summed E-state index contributed by atoms with van der Waals surface area (Å²) in [6, 6.07) is 9.19. The number of guanidine groups is 1. The van der Waals surface area contributed by atoms with Crippen LogP contribution in [0.4, 0.5) is 0 Å². The molecule has 2 aliphatic rings. The van der Waals surface area contributed by atoms with Crippen molar-refractivity contribution in [1.29, 1.82) is 0 Å². The van der Waals surface area contributed by atoms with E-state index in [1.807, 2.05) is 18.2 Å². The largest absolute Gasteiger partial charge is 0.493 e. The third-order valence-corrected chi connectivity index (χ3v) is 5.74. The van der Waals surface area contributed by atoms with E-state index in [2.05, 4.69) is 40.4 Å². The molecule has 0 radical (unpaired) electrons. The zero-order valence-electron chi connectivity index (χ0n) is 18.1. The molecule has 0 aliphatic carbocycles. The topological polar surface area (TPSA) is 69.2 Å². The van der Waals surface area contributed by atoms with Crippen molar-refractivity contribution in [3.05, 3.63) is 29.8 Å². The summed E-state index contributed by atoms with van der Waals surface area (Å²) in [5.41, 5.74) is 1.14. The van der Waals surface area contributed by atoms with E-state index in [0.29, 0.717) is 24.7 Å². The predicted molar refractivity (Wildman–Crippen MR) is 116 cm³/mol. The molecule has 7 nitrogen and oxygen atoms in total. The first-order valence-electron chi connectivity index (χ1n) is 10.7. The van der Waals surface area contributed by atoms with Gasteiger partial charge in [0.25, 0.3) is 0 Å². The van der Waals surface area contributed by atoms with Crippen LogP contribution in [0.25, 0.3) is 0 Å². The molecule has 7 heteroatoms. The van der Waals surface area contributed by atoms with Gasteiger partial charge in [0.1, 0.15) is 12.3 Å². The number of ether oxygens (including phenoxy) is 1. The predicted octanol–water partition coefficient (Wildman–Crippen LogP) is 2.01. The van der Waals surface area contributed by atoms with Crippen LogP contribution in [-0.2, 0) is 4.79 Å². The van der Waals surface area contributed by atoms with E-state index in [0.717, 1.165) is 43.7 Å².